The van der Waals surface area contributed by atoms with Crippen LogP contribution < -0.4 is 10.1 Å². The molecular weight excluding hydrogens is 302 g/mol. The predicted octanol–water partition coefficient (Wildman–Crippen LogP) is 3.58. The van der Waals surface area contributed by atoms with E-state index in [-0.39, 0.29) is 12.3 Å². The van der Waals surface area contributed by atoms with Crippen LogP contribution in [0.15, 0.2) is 48.5 Å². The molecule has 0 saturated carbocycles. The number of benzene rings is 2. The second-order valence-electron chi connectivity index (χ2n) is 5.21. The summed E-state index contributed by atoms with van der Waals surface area (Å²) < 4.78 is 5.06. The molecule has 0 saturated heterocycles. The lowest BCUT2D eigenvalue weighted by Gasteiger charge is -2.23. The maximum absolute atomic E-state index is 12.1. The maximum atomic E-state index is 12.1. The summed E-state index contributed by atoms with van der Waals surface area (Å²) in [6, 6.07) is 14.1. The van der Waals surface area contributed by atoms with Crippen molar-refractivity contribution in [3.63, 3.8) is 0 Å². The molecule has 5 heteroatoms. The second-order valence-corrected chi connectivity index (χ2v) is 5.62. The van der Waals surface area contributed by atoms with Gasteiger partial charge in [-0.15, -0.1) is 0 Å². The average Bonchev–Trinajstić information content (AvgIpc) is 2.47. The molecule has 4 nitrogen and oxygen atoms in total. The minimum absolute atomic E-state index is 0.0549. The van der Waals surface area contributed by atoms with Crippen LogP contribution in [0.25, 0.3) is 0 Å². The van der Waals surface area contributed by atoms with Gasteiger partial charge in [0.25, 0.3) is 0 Å². The molecule has 2 rings (SSSR count). The van der Waals surface area contributed by atoms with Crippen molar-refractivity contribution in [1.29, 1.82) is 0 Å². The van der Waals surface area contributed by atoms with E-state index >= 15 is 0 Å². The van der Waals surface area contributed by atoms with Gasteiger partial charge in [-0.1, -0.05) is 41.9 Å². The Hall–Kier alpha value is -2.04. The number of hydrogen-bond donors (Lipinski definition) is 2. The molecule has 0 aliphatic rings. The Balaban J connectivity index is 2.05. The quantitative estimate of drug-likeness (QED) is 0.885. The molecule has 1 unspecified atom stereocenters. The fourth-order valence-electron chi connectivity index (χ4n) is 2.16. The lowest BCUT2D eigenvalue weighted by Crippen LogP contribution is -2.28. The van der Waals surface area contributed by atoms with E-state index in [1.807, 2.05) is 18.2 Å². The maximum Gasteiger partial charge on any atom is 0.227 e. The number of carbonyl (C=O) groups excluding carboxylic acids is 1. The summed E-state index contributed by atoms with van der Waals surface area (Å²) in [7, 11) is 1.52. The number of methoxy groups -OCH3 is 1. The lowest BCUT2D eigenvalue weighted by atomic mass is 9.92. The molecule has 2 aromatic carbocycles. The van der Waals surface area contributed by atoms with Crippen LogP contribution in [0, 0.1) is 0 Å². The molecule has 0 bridgehead atoms. The third-order valence-corrected chi connectivity index (χ3v) is 3.63. The van der Waals surface area contributed by atoms with Crippen LogP contribution >= 0.6 is 11.6 Å². The third-order valence-electron chi connectivity index (χ3n) is 3.34. The van der Waals surface area contributed by atoms with E-state index in [1.165, 1.54) is 7.11 Å². The predicted molar refractivity (Wildman–Crippen MR) is 87.3 cm³/mol. The van der Waals surface area contributed by atoms with E-state index in [2.05, 4.69) is 5.32 Å². The first-order valence-electron chi connectivity index (χ1n) is 6.83. The van der Waals surface area contributed by atoms with E-state index in [4.69, 9.17) is 16.3 Å². The number of rotatable bonds is 5. The number of halogens is 1. The van der Waals surface area contributed by atoms with Gasteiger partial charge in [0.05, 0.1) is 24.2 Å². The summed E-state index contributed by atoms with van der Waals surface area (Å²) in [6.07, 6.45) is -0.0549. The highest BCUT2D eigenvalue weighted by atomic mass is 35.5. The Labute approximate surface area is 134 Å². The molecule has 0 spiro atoms. The van der Waals surface area contributed by atoms with E-state index < -0.39 is 5.60 Å². The highest BCUT2D eigenvalue weighted by molar-refractivity contribution is 6.32. The van der Waals surface area contributed by atoms with Gasteiger partial charge < -0.3 is 15.2 Å². The first-order chi connectivity index (χ1) is 10.4. The molecule has 0 heterocycles. The molecule has 0 fully saturated rings. The number of anilines is 1. The monoisotopic (exact) mass is 319 g/mol. The van der Waals surface area contributed by atoms with Crippen LogP contribution in [0.1, 0.15) is 18.9 Å². The normalized spacial score (nSPS) is 13.3. The minimum Gasteiger partial charge on any atom is -0.495 e. The Morgan fingerprint density at radius 2 is 1.95 bits per heavy atom. The fourth-order valence-corrected chi connectivity index (χ4v) is 2.42. The number of carbonyl (C=O) groups is 1. The van der Waals surface area contributed by atoms with E-state index in [1.54, 1.807) is 37.3 Å². The highest BCUT2D eigenvalue weighted by Gasteiger charge is 2.26. The molecule has 22 heavy (non-hydrogen) atoms. The summed E-state index contributed by atoms with van der Waals surface area (Å²) in [4.78, 5) is 12.1. The zero-order chi connectivity index (χ0) is 16.2. The van der Waals surface area contributed by atoms with Gasteiger partial charge in [0.2, 0.25) is 5.91 Å². The Morgan fingerprint density at radius 3 is 2.55 bits per heavy atom. The second kappa shape index (κ2) is 6.81. The molecular formula is C17H18ClNO3. The summed E-state index contributed by atoms with van der Waals surface area (Å²) in [6.45, 7) is 1.61. The standard InChI is InChI=1S/C17H18ClNO3/c1-17(21,12-6-4-3-5-7-12)11-16(20)19-13-8-9-15(22-2)14(18)10-13/h3-10,21H,11H2,1-2H3,(H,19,20). The lowest BCUT2D eigenvalue weighted by molar-refractivity contribution is -0.120. The van der Waals surface area contributed by atoms with Gasteiger partial charge in [-0.25, -0.2) is 0 Å². The van der Waals surface area contributed by atoms with Crippen LogP contribution in [-0.4, -0.2) is 18.1 Å². The van der Waals surface area contributed by atoms with Crippen LogP contribution in [-0.2, 0) is 10.4 Å². The molecule has 0 aliphatic heterocycles. The van der Waals surface area contributed by atoms with Gasteiger partial charge in [0, 0.05) is 5.69 Å². The Kier molecular flexibility index (Phi) is 5.06. The van der Waals surface area contributed by atoms with Crippen molar-refractivity contribution in [2.45, 2.75) is 18.9 Å². The summed E-state index contributed by atoms with van der Waals surface area (Å²) in [5, 5.41) is 13.6. The fraction of sp³-hybridized carbons (Fsp3) is 0.235. The Morgan fingerprint density at radius 1 is 1.27 bits per heavy atom. The molecule has 1 amide bonds. The van der Waals surface area contributed by atoms with Crippen LogP contribution in [0.5, 0.6) is 5.75 Å². The number of hydrogen-bond acceptors (Lipinski definition) is 3. The van der Waals surface area contributed by atoms with Gasteiger partial charge in [-0.3, -0.25) is 4.79 Å². The summed E-state index contributed by atoms with van der Waals surface area (Å²) in [5.74, 6) is 0.242. The van der Waals surface area contributed by atoms with Crippen molar-refractivity contribution in [1.82, 2.24) is 0 Å². The summed E-state index contributed by atoms with van der Waals surface area (Å²) >= 11 is 6.02. The van der Waals surface area contributed by atoms with Gasteiger partial charge in [-0.2, -0.15) is 0 Å². The molecule has 116 valence electrons. The van der Waals surface area contributed by atoms with Crippen molar-refractivity contribution < 1.29 is 14.6 Å². The number of nitrogens with one attached hydrogen (secondary N) is 1. The van der Waals surface area contributed by atoms with E-state index in [9.17, 15) is 9.90 Å². The highest BCUT2D eigenvalue weighted by Crippen LogP contribution is 2.28. The molecule has 0 aromatic heterocycles. The van der Waals surface area contributed by atoms with Crippen LogP contribution in [0.2, 0.25) is 5.02 Å². The third kappa shape index (κ3) is 4.00. The van der Waals surface area contributed by atoms with Gasteiger partial charge in [-0.05, 0) is 30.7 Å². The molecule has 2 N–H and O–H groups in total. The SMILES string of the molecule is COc1ccc(NC(=O)CC(C)(O)c2ccccc2)cc1Cl. The van der Waals surface area contributed by atoms with Gasteiger partial charge >= 0.3 is 0 Å². The van der Waals surface area contributed by atoms with Crippen molar-refractivity contribution in [2.75, 3.05) is 12.4 Å². The van der Waals surface area contributed by atoms with E-state index in [0.29, 0.717) is 22.0 Å². The molecule has 0 radical (unpaired) electrons. The van der Waals surface area contributed by atoms with Crippen molar-refractivity contribution in [3.05, 3.63) is 59.1 Å². The van der Waals surface area contributed by atoms with Crippen LogP contribution in [0.3, 0.4) is 0 Å². The molecule has 2 aromatic rings. The summed E-state index contributed by atoms with van der Waals surface area (Å²) in [5.41, 5.74) is 0.0132. The number of aliphatic hydroxyl groups is 1. The van der Waals surface area contributed by atoms with E-state index in [0.717, 1.165) is 0 Å². The molecule has 1 atom stereocenters. The first kappa shape index (κ1) is 16.3. The first-order valence-corrected chi connectivity index (χ1v) is 7.21. The smallest absolute Gasteiger partial charge is 0.227 e. The van der Waals surface area contributed by atoms with Crippen LogP contribution in [0.4, 0.5) is 5.69 Å². The Bertz CT molecular complexity index is 656. The average molecular weight is 320 g/mol. The van der Waals surface area contributed by atoms with Crippen molar-refractivity contribution >= 4 is 23.2 Å². The van der Waals surface area contributed by atoms with Gasteiger partial charge in [0.15, 0.2) is 0 Å². The number of amides is 1. The van der Waals surface area contributed by atoms with Crippen molar-refractivity contribution in [2.24, 2.45) is 0 Å². The zero-order valence-corrected chi connectivity index (χ0v) is 13.2. The van der Waals surface area contributed by atoms with Gasteiger partial charge in [0.1, 0.15) is 5.75 Å². The molecule has 0 aliphatic carbocycles. The van der Waals surface area contributed by atoms with Crippen molar-refractivity contribution in [3.8, 4) is 5.75 Å². The largest absolute Gasteiger partial charge is 0.495 e. The topological polar surface area (TPSA) is 58.6 Å². The zero-order valence-electron chi connectivity index (χ0n) is 12.5. The number of ether oxygens (including phenoxy) is 1. The minimum atomic E-state index is -1.23.